The molecule has 1 aliphatic heterocycles. The first-order valence-corrected chi connectivity index (χ1v) is 9.01. The fourth-order valence-corrected chi connectivity index (χ4v) is 4.88. The maximum atomic E-state index is 12.9. The van der Waals surface area contributed by atoms with Gasteiger partial charge < -0.3 is 13.8 Å². The molecule has 0 N–H and O–H groups in total. The molecule has 0 aromatic carbocycles. The molecule has 1 aliphatic carbocycles. The average molecular weight is 300 g/mol. The number of hydrogen-bond acceptors (Lipinski definition) is 4. The highest BCUT2D eigenvalue weighted by Crippen LogP contribution is 2.61. The third-order valence-corrected chi connectivity index (χ3v) is 6.32. The zero-order valence-corrected chi connectivity index (χ0v) is 13.7. The lowest BCUT2D eigenvalue weighted by atomic mass is 9.77. The number of hydrogen-bond donors (Lipinski definition) is 0. The molecule has 0 saturated carbocycles. The Labute approximate surface area is 121 Å². The van der Waals surface area contributed by atoms with Gasteiger partial charge in [-0.1, -0.05) is 13.0 Å². The van der Waals surface area contributed by atoms with Crippen molar-refractivity contribution in [3.05, 3.63) is 23.2 Å². The zero-order valence-electron chi connectivity index (χ0n) is 12.8. The maximum Gasteiger partial charge on any atom is 0.395 e. The molecule has 0 radical (unpaired) electrons. The van der Waals surface area contributed by atoms with Gasteiger partial charge in [-0.3, -0.25) is 4.57 Å². The molecule has 0 fully saturated rings. The fourth-order valence-electron chi connectivity index (χ4n) is 3.00. The van der Waals surface area contributed by atoms with Crippen LogP contribution in [-0.2, 0) is 18.3 Å². The van der Waals surface area contributed by atoms with Gasteiger partial charge in [-0.2, -0.15) is 0 Å². The Kier molecular flexibility index (Phi) is 5.11. The van der Waals surface area contributed by atoms with E-state index in [9.17, 15) is 4.57 Å². The first kappa shape index (κ1) is 15.8. The minimum Gasteiger partial charge on any atom is -0.478 e. The average Bonchev–Trinajstić information content (AvgIpc) is 2.43. The van der Waals surface area contributed by atoms with Crippen LogP contribution in [0.5, 0.6) is 0 Å². The van der Waals surface area contributed by atoms with Gasteiger partial charge in [-0.15, -0.1) is 0 Å². The smallest absolute Gasteiger partial charge is 0.395 e. The Morgan fingerprint density at radius 1 is 1.35 bits per heavy atom. The second-order valence-electron chi connectivity index (χ2n) is 5.36. The molecule has 0 aromatic rings. The molecule has 0 bridgehead atoms. The standard InChI is InChI=1S/C15H25O4P/c1-5-17-20(16,18-6-2)15-12(4)11(3)13-9-7-8-10-14(13)19-15/h8,10-11,13-14H,5-7,9H2,1-4H3/t11-,13-,14+/m0/s1. The van der Waals surface area contributed by atoms with Crippen LogP contribution in [0, 0.1) is 11.8 Å². The predicted molar refractivity (Wildman–Crippen MR) is 79.5 cm³/mol. The zero-order chi connectivity index (χ0) is 14.8. The topological polar surface area (TPSA) is 44.8 Å². The quantitative estimate of drug-likeness (QED) is 0.554. The lowest BCUT2D eigenvalue weighted by Crippen LogP contribution is -2.35. The van der Waals surface area contributed by atoms with Gasteiger partial charge in [0.25, 0.3) is 0 Å². The van der Waals surface area contributed by atoms with E-state index in [-0.39, 0.29) is 6.10 Å². The highest BCUT2D eigenvalue weighted by molar-refractivity contribution is 7.58. The van der Waals surface area contributed by atoms with Crippen LogP contribution < -0.4 is 0 Å². The van der Waals surface area contributed by atoms with E-state index in [1.54, 1.807) is 0 Å². The minimum atomic E-state index is -3.33. The summed E-state index contributed by atoms with van der Waals surface area (Å²) in [4.78, 5) is 0. The van der Waals surface area contributed by atoms with Crippen molar-refractivity contribution in [1.82, 2.24) is 0 Å². The number of fused-ring (bicyclic) bond motifs is 1. The van der Waals surface area contributed by atoms with E-state index in [0.29, 0.717) is 30.5 Å². The largest absolute Gasteiger partial charge is 0.478 e. The van der Waals surface area contributed by atoms with Crippen molar-refractivity contribution in [3.63, 3.8) is 0 Å². The monoisotopic (exact) mass is 300 g/mol. The fraction of sp³-hybridized carbons (Fsp3) is 0.733. The van der Waals surface area contributed by atoms with Crippen molar-refractivity contribution in [2.45, 2.75) is 46.6 Å². The lowest BCUT2D eigenvalue weighted by Gasteiger charge is -2.40. The van der Waals surface area contributed by atoms with Crippen molar-refractivity contribution < 1.29 is 18.3 Å². The summed E-state index contributed by atoms with van der Waals surface area (Å²) in [5.41, 5.74) is 1.44. The van der Waals surface area contributed by atoms with Gasteiger partial charge in [0.05, 0.1) is 13.2 Å². The molecule has 3 atom stereocenters. The van der Waals surface area contributed by atoms with Gasteiger partial charge in [0.1, 0.15) is 6.10 Å². The normalized spacial score (nSPS) is 30.1. The van der Waals surface area contributed by atoms with Gasteiger partial charge in [-0.05, 0) is 51.2 Å². The summed E-state index contributed by atoms with van der Waals surface area (Å²) >= 11 is 0. The van der Waals surface area contributed by atoms with Crippen LogP contribution in [0.4, 0.5) is 0 Å². The molecule has 2 rings (SSSR count). The van der Waals surface area contributed by atoms with Crippen molar-refractivity contribution in [3.8, 4) is 0 Å². The molecule has 2 aliphatic rings. The van der Waals surface area contributed by atoms with Gasteiger partial charge in [0.2, 0.25) is 5.50 Å². The molecule has 0 aromatic heterocycles. The van der Waals surface area contributed by atoms with Gasteiger partial charge in [0, 0.05) is 5.92 Å². The first-order valence-electron chi connectivity index (χ1n) is 7.47. The van der Waals surface area contributed by atoms with Crippen LogP contribution in [0.25, 0.3) is 0 Å². The summed E-state index contributed by atoms with van der Waals surface area (Å²) < 4.78 is 29.8. The Balaban J connectivity index is 2.36. The summed E-state index contributed by atoms with van der Waals surface area (Å²) in [5, 5.41) is 0. The summed E-state index contributed by atoms with van der Waals surface area (Å²) in [5.74, 6) is 0.795. The Morgan fingerprint density at radius 2 is 2.00 bits per heavy atom. The summed E-state index contributed by atoms with van der Waals surface area (Å²) in [6.45, 7) is 8.48. The van der Waals surface area contributed by atoms with E-state index in [2.05, 4.69) is 19.1 Å². The van der Waals surface area contributed by atoms with E-state index in [1.807, 2.05) is 20.8 Å². The van der Waals surface area contributed by atoms with E-state index < -0.39 is 7.60 Å². The molecule has 0 unspecified atom stereocenters. The molecule has 0 amide bonds. The molecule has 114 valence electrons. The van der Waals surface area contributed by atoms with E-state index >= 15 is 0 Å². The van der Waals surface area contributed by atoms with Crippen LogP contribution in [0.1, 0.15) is 40.5 Å². The maximum absolute atomic E-state index is 12.9. The molecule has 5 heteroatoms. The Morgan fingerprint density at radius 3 is 2.60 bits per heavy atom. The molecule has 4 nitrogen and oxygen atoms in total. The highest BCUT2D eigenvalue weighted by atomic mass is 31.2. The third-order valence-electron chi connectivity index (χ3n) is 4.17. The predicted octanol–water partition coefficient (Wildman–Crippen LogP) is 4.49. The van der Waals surface area contributed by atoms with E-state index in [4.69, 9.17) is 13.8 Å². The van der Waals surface area contributed by atoms with Crippen LogP contribution in [0.3, 0.4) is 0 Å². The molecule has 20 heavy (non-hydrogen) atoms. The van der Waals surface area contributed by atoms with Crippen molar-refractivity contribution in [2.24, 2.45) is 11.8 Å². The second-order valence-corrected chi connectivity index (χ2v) is 7.28. The van der Waals surface area contributed by atoms with E-state index in [1.165, 1.54) is 0 Å². The molecule has 1 heterocycles. The van der Waals surface area contributed by atoms with Crippen LogP contribution in [-0.4, -0.2) is 19.3 Å². The summed E-state index contributed by atoms with van der Waals surface area (Å²) in [6, 6.07) is 0. The van der Waals surface area contributed by atoms with Gasteiger partial charge >= 0.3 is 7.60 Å². The summed E-state index contributed by atoms with van der Waals surface area (Å²) in [7, 11) is -3.33. The second kappa shape index (κ2) is 6.46. The van der Waals surface area contributed by atoms with Crippen molar-refractivity contribution in [2.75, 3.05) is 13.2 Å². The van der Waals surface area contributed by atoms with Gasteiger partial charge in [0.15, 0.2) is 0 Å². The molecular weight excluding hydrogens is 275 g/mol. The molecule has 0 saturated heterocycles. The SMILES string of the molecule is CCOP(=O)(OCC)C1=C(C)[C@H](C)[C@@H]2CCC=C[C@H]2O1. The van der Waals surface area contributed by atoms with Crippen LogP contribution >= 0.6 is 7.60 Å². The van der Waals surface area contributed by atoms with Crippen molar-refractivity contribution >= 4 is 7.60 Å². The van der Waals surface area contributed by atoms with Crippen molar-refractivity contribution in [1.29, 1.82) is 0 Å². The minimum absolute atomic E-state index is 0.00770. The Hall–Kier alpha value is -0.570. The van der Waals surface area contributed by atoms with E-state index in [0.717, 1.165) is 18.4 Å². The first-order chi connectivity index (χ1) is 9.53. The van der Waals surface area contributed by atoms with Gasteiger partial charge in [-0.25, -0.2) is 0 Å². The highest BCUT2D eigenvalue weighted by Gasteiger charge is 2.43. The molecule has 0 spiro atoms. The third kappa shape index (κ3) is 2.88. The lowest BCUT2D eigenvalue weighted by molar-refractivity contribution is 0.0507. The number of allylic oxidation sites excluding steroid dienone is 2. The van der Waals surface area contributed by atoms with Crippen LogP contribution in [0.15, 0.2) is 23.2 Å². The Bertz CT molecular complexity index is 445. The number of ether oxygens (including phenoxy) is 1. The summed E-state index contributed by atoms with van der Waals surface area (Å²) in [6.07, 6.45) is 6.41. The number of rotatable bonds is 5. The van der Waals surface area contributed by atoms with Crippen LogP contribution in [0.2, 0.25) is 0 Å². The molecular formula is C15H25O4P.